The SMILES string of the molecule is [Zr].[c-]1cccc2c1-c1ccccc1C2. The molecule has 0 unspecified atom stereocenters. The van der Waals surface area contributed by atoms with Crippen LogP contribution in [-0.4, -0.2) is 0 Å². The molecular formula is C13H9Zr-. The van der Waals surface area contributed by atoms with Gasteiger partial charge in [-0.25, -0.2) is 0 Å². The zero-order valence-corrected chi connectivity index (χ0v) is 10.2. The van der Waals surface area contributed by atoms with Gasteiger partial charge in [0.05, 0.1) is 0 Å². The van der Waals surface area contributed by atoms with Crippen LogP contribution in [-0.2, 0) is 32.6 Å². The van der Waals surface area contributed by atoms with E-state index in [0.717, 1.165) is 6.42 Å². The maximum absolute atomic E-state index is 3.31. The summed E-state index contributed by atoms with van der Waals surface area (Å²) in [6, 6.07) is 18.1. The van der Waals surface area contributed by atoms with Crippen LogP contribution in [0.25, 0.3) is 11.1 Å². The summed E-state index contributed by atoms with van der Waals surface area (Å²) in [5.41, 5.74) is 5.49. The van der Waals surface area contributed by atoms with Crippen molar-refractivity contribution in [3.63, 3.8) is 0 Å². The quantitative estimate of drug-likeness (QED) is 0.542. The fraction of sp³-hybridized carbons (Fsp3) is 0.0769. The Kier molecular flexibility index (Phi) is 2.69. The third-order valence-corrected chi connectivity index (χ3v) is 2.61. The molecule has 0 bridgehead atoms. The average Bonchev–Trinajstić information content (AvgIpc) is 2.56. The van der Waals surface area contributed by atoms with Gasteiger partial charge in [0, 0.05) is 26.2 Å². The number of benzene rings is 2. The van der Waals surface area contributed by atoms with Gasteiger partial charge in [-0.3, -0.25) is 0 Å². The molecule has 1 aliphatic carbocycles. The summed E-state index contributed by atoms with van der Waals surface area (Å²) in [6.45, 7) is 0. The first-order valence-electron chi connectivity index (χ1n) is 4.53. The smallest absolute Gasteiger partial charge is 0 e. The molecule has 2 aromatic carbocycles. The summed E-state index contributed by atoms with van der Waals surface area (Å²) in [5.74, 6) is 0. The molecule has 0 saturated heterocycles. The number of rotatable bonds is 0. The van der Waals surface area contributed by atoms with E-state index in [0.29, 0.717) is 0 Å². The minimum absolute atomic E-state index is 0. The Hall–Kier alpha value is -0.677. The van der Waals surface area contributed by atoms with Crippen LogP contribution in [0.15, 0.2) is 42.5 Å². The van der Waals surface area contributed by atoms with E-state index in [1.54, 1.807) is 0 Å². The number of hydrogen-bond acceptors (Lipinski definition) is 0. The fourth-order valence-corrected chi connectivity index (χ4v) is 1.99. The van der Waals surface area contributed by atoms with Crippen molar-refractivity contribution in [2.24, 2.45) is 0 Å². The second-order valence-electron chi connectivity index (χ2n) is 3.40. The van der Waals surface area contributed by atoms with Gasteiger partial charge in [-0.15, -0.1) is 35.4 Å². The van der Waals surface area contributed by atoms with Crippen LogP contribution >= 0.6 is 0 Å². The van der Waals surface area contributed by atoms with E-state index < -0.39 is 0 Å². The summed E-state index contributed by atoms with van der Waals surface area (Å²) < 4.78 is 0. The topological polar surface area (TPSA) is 0 Å². The van der Waals surface area contributed by atoms with Gasteiger partial charge < -0.3 is 0 Å². The van der Waals surface area contributed by atoms with Gasteiger partial charge in [-0.2, -0.15) is 0 Å². The van der Waals surface area contributed by atoms with Gasteiger partial charge in [-0.1, -0.05) is 35.4 Å². The largest absolute Gasteiger partial charge is 0.147 e. The van der Waals surface area contributed by atoms with Crippen molar-refractivity contribution < 1.29 is 26.2 Å². The van der Waals surface area contributed by atoms with Crippen LogP contribution < -0.4 is 0 Å². The van der Waals surface area contributed by atoms with Crippen LogP contribution in [0.2, 0.25) is 0 Å². The predicted octanol–water partition coefficient (Wildman–Crippen LogP) is 3.06. The van der Waals surface area contributed by atoms with Crippen molar-refractivity contribution in [3.05, 3.63) is 59.7 Å². The third kappa shape index (κ3) is 1.40. The molecule has 0 heterocycles. The Balaban J connectivity index is 0.000000750. The van der Waals surface area contributed by atoms with Crippen molar-refractivity contribution in [2.75, 3.05) is 0 Å². The average molecular weight is 256 g/mol. The van der Waals surface area contributed by atoms with Gasteiger partial charge in [-0.05, 0) is 6.42 Å². The Morgan fingerprint density at radius 3 is 2.64 bits per heavy atom. The number of hydrogen-bond donors (Lipinski definition) is 0. The van der Waals surface area contributed by atoms with Gasteiger partial charge in [0.25, 0.3) is 0 Å². The van der Waals surface area contributed by atoms with Crippen molar-refractivity contribution in [1.29, 1.82) is 0 Å². The van der Waals surface area contributed by atoms with Crippen LogP contribution in [0, 0.1) is 6.07 Å². The molecule has 14 heavy (non-hydrogen) atoms. The second-order valence-corrected chi connectivity index (χ2v) is 3.40. The molecule has 0 aromatic heterocycles. The van der Waals surface area contributed by atoms with Crippen molar-refractivity contribution in [3.8, 4) is 11.1 Å². The van der Waals surface area contributed by atoms with E-state index in [9.17, 15) is 0 Å². The number of fused-ring (bicyclic) bond motifs is 3. The van der Waals surface area contributed by atoms with E-state index in [2.05, 4.69) is 42.5 Å². The molecule has 0 fully saturated rings. The van der Waals surface area contributed by atoms with Crippen LogP contribution in [0.3, 0.4) is 0 Å². The molecule has 1 aliphatic rings. The standard InChI is InChI=1S/C13H9.Zr/c1-3-7-12-10(5-1)9-11-6-2-4-8-13(11)12;/h1-7H,9H2;/q-1;. The van der Waals surface area contributed by atoms with E-state index in [-0.39, 0.29) is 26.2 Å². The van der Waals surface area contributed by atoms with E-state index in [1.807, 2.05) is 6.07 Å². The third-order valence-electron chi connectivity index (χ3n) is 2.61. The summed E-state index contributed by atoms with van der Waals surface area (Å²) >= 11 is 0. The molecule has 0 atom stereocenters. The molecule has 0 spiro atoms. The molecule has 2 aromatic rings. The Labute approximate surface area is 103 Å². The normalized spacial score (nSPS) is 11.4. The predicted molar refractivity (Wildman–Crippen MR) is 53.5 cm³/mol. The molecule has 3 rings (SSSR count). The fourth-order valence-electron chi connectivity index (χ4n) is 1.99. The van der Waals surface area contributed by atoms with Gasteiger partial charge in [0.2, 0.25) is 0 Å². The summed E-state index contributed by atoms with van der Waals surface area (Å²) in [6.07, 6.45) is 1.07. The first-order chi connectivity index (χ1) is 6.45. The Bertz CT molecular complexity index is 417. The zero-order chi connectivity index (χ0) is 8.67. The maximum Gasteiger partial charge on any atom is 0 e. The van der Waals surface area contributed by atoms with Crippen molar-refractivity contribution in [1.82, 2.24) is 0 Å². The van der Waals surface area contributed by atoms with Crippen LogP contribution in [0.4, 0.5) is 0 Å². The molecule has 0 aliphatic heterocycles. The van der Waals surface area contributed by atoms with Gasteiger partial charge >= 0.3 is 0 Å². The van der Waals surface area contributed by atoms with Gasteiger partial charge in [0.1, 0.15) is 0 Å². The van der Waals surface area contributed by atoms with E-state index in [1.165, 1.54) is 22.3 Å². The van der Waals surface area contributed by atoms with Crippen molar-refractivity contribution >= 4 is 0 Å². The summed E-state index contributed by atoms with van der Waals surface area (Å²) in [5, 5.41) is 0. The molecular weight excluding hydrogens is 247 g/mol. The van der Waals surface area contributed by atoms with Crippen molar-refractivity contribution in [2.45, 2.75) is 6.42 Å². The molecule has 0 saturated carbocycles. The molecule has 0 radical (unpaired) electrons. The molecule has 0 amide bonds. The molecule has 66 valence electrons. The summed E-state index contributed by atoms with van der Waals surface area (Å²) in [7, 11) is 0. The minimum Gasteiger partial charge on any atom is -0.147 e. The Morgan fingerprint density at radius 2 is 1.71 bits per heavy atom. The van der Waals surface area contributed by atoms with Gasteiger partial charge in [0.15, 0.2) is 0 Å². The van der Waals surface area contributed by atoms with Crippen LogP contribution in [0.5, 0.6) is 0 Å². The Morgan fingerprint density at radius 1 is 0.929 bits per heavy atom. The molecule has 0 nitrogen and oxygen atoms in total. The van der Waals surface area contributed by atoms with E-state index >= 15 is 0 Å². The first kappa shape index (κ1) is 9.86. The second kappa shape index (κ2) is 3.83. The minimum atomic E-state index is 0. The first-order valence-corrected chi connectivity index (χ1v) is 4.53. The molecule has 0 N–H and O–H groups in total. The zero-order valence-electron chi connectivity index (χ0n) is 7.75. The summed E-state index contributed by atoms with van der Waals surface area (Å²) in [4.78, 5) is 0. The van der Waals surface area contributed by atoms with Crippen LogP contribution in [0.1, 0.15) is 11.1 Å². The monoisotopic (exact) mass is 255 g/mol. The molecule has 1 heteroatoms. The maximum atomic E-state index is 3.31. The van der Waals surface area contributed by atoms with E-state index in [4.69, 9.17) is 0 Å².